The second-order valence-electron chi connectivity index (χ2n) is 4.89. The molecular weight excluding hydrogens is 270 g/mol. The third-order valence-corrected chi connectivity index (χ3v) is 4.23. The highest BCUT2D eigenvalue weighted by Gasteiger charge is 2.10. The van der Waals surface area contributed by atoms with E-state index in [1.54, 1.807) is 11.3 Å². The highest BCUT2D eigenvalue weighted by atomic mass is 32.1. The molecule has 0 spiro atoms. The summed E-state index contributed by atoms with van der Waals surface area (Å²) >= 11 is 1.66. The number of hydrogen-bond donors (Lipinski definition) is 2. The fraction of sp³-hybridized carbons (Fsp3) is 0.333. The van der Waals surface area contributed by atoms with Crippen molar-refractivity contribution in [2.24, 2.45) is 5.73 Å². The Morgan fingerprint density at radius 1 is 1.25 bits per heavy atom. The van der Waals surface area contributed by atoms with Gasteiger partial charge in [-0.3, -0.25) is 5.41 Å². The van der Waals surface area contributed by atoms with Crippen molar-refractivity contribution in [2.75, 3.05) is 0 Å². The summed E-state index contributed by atoms with van der Waals surface area (Å²) in [5, 5.41) is 8.47. The second-order valence-corrected chi connectivity index (χ2v) is 6.18. The molecular formula is C15H19N3OS. The van der Waals surface area contributed by atoms with Gasteiger partial charge in [0.1, 0.15) is 23.2 Å². The zero-order valence-electron chi connectivity index (χ0n) is 12.2. The van der Waals surface area contributed by atoms with Crippen LogP contribution in [0.5, 0.6) is 5.75 Å². The fourth-order valence-corrected chi connectivity index (χ4v) is 2.92. The van der Waals surface area contributed by atoms with Crippen LogP contribution in [0.2, 0.25) is 0 Å². The van der Waals surface area contributed by atoms with Crippen LogP contribution in [-0.2, 0) is 6.61 Å². The number of nitrogens with zero attached hydrogens (tertiary/aromatic N) is 1. The van der Waals surface area contributed by atoms with Crippen molar-refractivity contribution in [1.29, 1.82) is 5.41 Å². The van der Waals surface area contributed by atoms with E-state index >= 15 is 0 Å². The molecule has 1 heterocycles. The molecule has 0 saturated heterocycles. The molecule has 106 valence electrons. The maximum absolute atomic E-state index is 7.49. The largest absolute Gasteiger partial charge is 0.486 e. The molecule has 0 aliphatic carbocycles. The minimum atomic E-state index is 0.0777. The van der Waals surface area contributed by atoms with Crippen molar-refractivity contribution in [2.45, 2.75) is 34.3 Å². The van der Waals surface area contributed by atoms with Crippen LogP contribution >= 0.6 is 11.3 Å². The van der Waals surface area contributed by atoms with Crippen LogP contribution in [0.15, 0.2) is 12.1 Å². The zero-order valence-corrected chi connectivity index (χ0v) is 13.0. The van der Waals surface area contributed by atoms with Crippen LogP contribution in [0.25, 0.3) is 0 Å². The van der Waals surface area contributed by atoms with Crippen LogP contribution in [0.3, 0.4) is 0 Å². The number of rotatable bonds is 4. The lowest BCUT2D eigenvalue weighted by molar-refractivity contribution is 0.301. The van der Waals surface area contributed by atoms with E-state index in [4.69, 9.17) is 15.9 Å². The van der Waals surface area contributed by atoms with Crippen molar-refractivity contribution < 1.29 is 4.74 Å². The summed E-state index contributed by atoms with van der Waals surface area (Å²) in [4.78, 5) is 5.70. The van der Waals surface area contributed by atoms with Gasteiger partial charge in [0.05, 0.1) is 5.69 Å². The second kappa shape index (κ2) is 5.63. The van der Waals surface area contributed by atoms with Gasteiger partial charge in [0, 0.05) is 10.4 Å². The number of thiazole rings is 1. The number of ether oxygens (including phenoxy) is 1. The first-order valence-corrected chi connectivity index (χ1v) is 7.21. The van der Waals surface area contributed by atoms with Crippen LogP contribution in [-0.4, -0.2) is 10.8 Å². The number of benzene rings is 1. The minimum Gasteiger partial charge on any atom is -0.486 e. The van der Waals surface area contributed by atoms with Gasteiger partial charge in [-0.1, -0.05) is 0 Å². The third kappa shape index (κ3) is 2.99. The summed E-state index contributed by atoms with van der Waals surface area (Å²) < 4.78 is 5.89. The Morgan fingerprint density at radius 3 is 2.30 bits per heavy atom. The standard InChI is InChI=1S/C15H19N3OS/c1-8-5-12(15(16)17)6-9(2)14(8)19-7-13-18-10(3)11(4)20-13/h5-6H,7H2,1-4H3,(H3,16,17). The number of aromatic nitrogens is 1. The zero-order chi connectivity index (χ0) is 14.9. The molecule has 1 aromatic carbocycles. The van der Waals surface area contributed by atoms with Crippen molar-refractivity contribution >= 4 is 17.2 Å². The maximum Gasteiger partial charge on any atom is 0.140 e. The molecule has 0 bridgehead atoms. The number of nitrogens with one attached hydrogen (secondary N) is 1. The van der Waals surface area contributed by atoms with Crippen molar-refractivity contribution in [3.8, 4) is 5.75 Å². The molecule has 0 atom stereocenters. The van der Waals surface area contributed by atoms with E-state index in [1.807, 2.05) is 32.9 Å². The highest BCUT2D eigenvalue weighted by Crippen LogP contribution is 2.26. The van der Waals surface area contributed by atoms with Gasteiger partial charge in [-0.25, -0.2) is 4.98 Å². The Kier molecular flexibility index (Phi) is 4.09. The van der Waals surface area contributed by atoms with Crippen molar-refractivity contribution in [3.63, 3.8) is 0 Å². The highest BCUT2D eigenvalue weighted by molar-refractivity contribution is 7.11. The molecule has 0 amide bonds. The van der Waals surface area contributed by atoms with E-state index in [0.717, 1.165) is 33.1 Å². The molecule has 20 heavy (non-hydrogen) atoms. The van der Waals surface area contributed by atoms with Gasteiger partial charge in [0.2, 0.25) is 0 Å². The molecule has 3 N–H and O–H groups in total. The molecule has 0 aliphatic heterocycles. The van der Waals surface area contributed by atoms with Crippen LogP contribution in [0.1, 0.15) is 32.3 Å². The lowest BCUT2D eigenvalue weighted by Crippen LogP contribution is -2.12. The quantitative estimate of drug-likeness (QED) is 0.670. The number of hydrogen-bond acceptors (Lipinski definition) is 4. The Balaban J connectivity index is 2.19. The van der Waals surface area contributed by atoms with E-state index in [2.05, 4.69) is 11.9 Å². The molecule has 5 heteroatoms. The molecule has 0 radical (unpaired) electrons. The Morgan fingerprint density at radius 2 is 1.85 bits per heavy atom. The lowest BCUT2D eigenvalue weighted by Gasteiger charge is -2.12. The van der Waals surface area contributed by atoms with E-state index in [1.165, 1.54) is 4.88 Å². The van der Waals surface area contributed by atoms with Gasteiger partial charge < -0.3 is 10.5 Å². The lowest BCUT2D eigenvalue weighted by atomic mass is 10.1. The molecule has 2 aromatic rings. The maximum atomic E-state index is 7.49. The van der Waals surface area contributed by atoms with Gasteiger partial charge in [-0.2, -0.15) is 0 Å². The SMILES string of the molecule is Cc1cc(C(=N)N)cc(C)c1OCc1nc(C)c(C)s1. The Bertz CT molecular complexity index is 619. The molecule has 0 unspecified atom stereocenters. The minimum absolute atomic E-state index is 0.0777. The van der Waals surface area contributed by atoms with E-state index in [9.17, 15) is 0 Å². The molecule has 1 aromatic heterocycles. The smallest absolute Gasteiger partial charge is 0.140 e. The number of nitrogen functional groups attached to an aromatic ring is 1. The van der Waals surface area contributed by atoms with E-state index < -0.39 is 0 Å². The first-order valence-electron chi connectivity index (χ1n) is 6.40. The van der Waals surface area contributed by atoms with Crippen LogP contribution in [0.4, 0.5) is 0 Å². The fourth-order valence-electron chi connectivity index (χ4n) is 2.07. The Hall–Kier alpha value is -1.88. The average Bonchev–Trinajstić information content (AvgIpc) is 2.67. The van der Waals surface area contributed by atoms with Gasteiger partial charge in [-0.05, 0) is 51.0 Å². The number of amidine groups is 1. The van der Waals surface area contributed by atoms with Crippen LogP contribution in [0, 0.1) is 33.1 Å². The predicted octanol–water partition coefficient (Wildman–Crippen LogP) is 3.24. The van der Waals surface area contributed by atoms with Gasteiger partial charge in [0.25, 0.3) is 0 Å². The summed E-state index contributed by atoms with van der Waals surface area (Å²) in [6.45, 7) is 8.48. The predicted molar refractivity (Wildman–Crippen MR) is 82.9 cm³/mol. The van der Waals surface area contributed by atoms with Gasteiger partial charge in [0.15, 0.2) is 0 Å². The first-order chi connectivity index (χ1) is 9.38. The summed E-state index contributed by atoms with van der Waals surface area (Å²) in [5.41, 5.74) is 9.29. The number of aryl methyl sites for hydroxylation is 4. The number of nitrogens with two attached hydrogens (primary N) is 1. The summed E-state index contributed by atoms with van der Waals surface area (Å²) in [7, 11) is 0. The summed E-state index contributed by atoms with van der Waals surface area (Å²) in [6, 6.07) is 3.76. The van der Waals surface area contributed by atoms with E-state index in [0.29, 0.717) is 6.61 Å². The topological polar surface area (TPSA) is 72.0 Å². The average molecular weight is 289 g/mol. The molecule has 0 fully saturated rings. The van der Waals surface area contributed by atoms with Crippen molar-refractivity contribution in [3.05, 3.63) is 44.4 Å². The molecule has 2 rings (SSSR count). The first kappa shape index (κ1) is 14.5. The van der Waals surface area contributed by atoms with Gasteiger partial charge >= 0.3 is 0 Å². The molecule has 0 aliphatic rings. The van der Waals surface area contributed by atoms with Crippen molar-refractivity contribution in [1.82, 2.24) is 4.98 Å². The normalized spacial score (nSPS) is 10.6. The van der Waals surface area contributed by atoms with Gasteiger partial charge in [-0.15, -0.1) is 11.3 Å². The summed E-state index contributed by atoms with van der Waals surface area (Å²) in [6.07, 6.45) is 0. The molecule has 0 saturated carbocycles. The molecule has 4 nitrogen and oxygen atoms in total. The third-order valence-electron chi connectivity index (χ3n) is 3.18. The van der Waals surface area contributed by atoms with Crippen LogP contribution < -0.4 is 10.5 Å². The summed E-state index contributed by atoms with van der Waals surface area (Å²) in [5.74, 6) is 0.925. The Labute approximate surface area is 123 Å². The van der Waals surface area contributed by atoms with E-state index in [-0.39, 0.29) is 5.84 Å². The monoisotopic (exact) mass is 289 g/mol.